The maximum atomic E-state index is 11.1. The van der Waals surface area contributed by atoms with E-state index in [9.17, 15) is 5.11 Å². The van der Waals surface area contributed by atoms with Crippen LogP contribution in [0, 0.1) is 0 Å². The molecule has 1 saturated heterocycles. The number of rotatable bonds is 5. The molecule has 1 atom stereocenters. The number of piperidine rings is 1. The van der Waals surface area contributed by atoms with E-state index in [4.69, 9.17) is 21.1 Å². The Morgan fingerprint density at radius 3 is 2.88 bits per heavy atom. The van der Waals surface area contributed by atoms with Crippen LogP contribution in [0.25, 0.3) is 5.57 Å². The lowest BCUT2D eigenvalue weighted by Gasteiger charge is -2.37. The second kappa shape index (κ2) is 9.84. The van der Waals surface area contributed by atoms with Crippen molar-refractivity contribution in [2.75, 3.05) is 26.7 Å². The molecule has 0 amide bonds. The Kier molecular flexibility index (Phi) is 6.66. The van der Waals surface area contributed by atoms with Crippen LogP contribution in [0.1, 0.15) is 30.5 Å². The molecule has 1 unspecified atom stereocenters. The molecule has 0 saturated carbocycles. The second-order valence-corrected chi connectivity index (χ2v) is 9.25. The first-order chi connectivity index (χ1) is 16.6. The molecule has 1 fully saturated rings. The van der Waals surface area contributed by atoms with Crippen molar-refractivity contribution in [3.05, 3.63) is 94.7 Å². The Balaban J connectivity index is 1.29. The summed E-state index contributed by atoms with van der Waals surface area (Å²) in [6, 6.07) is 7.58. The lowest BCUT2D eigenvalue weighted by atomic mass is 9.87. The number of ether oxygens (including phenoxy) is 2. The van der Waals surface area contributed by atoms with E-state index >= 15 is 0 Å². The number of methoxy groups -OCH3 is 1. The molecule has 0 radical (unpaired) electrons. The number of allylic oxidation sites excluding steroid dienone is 4. The largest absolute Gasteiger partial charge is 0.438 e. The molecular weight excluding hydrogens is 450 g/mol. The SMILES string of the molecule is COC1C=CC=C2Oc3ncccc3C(=CCCN3CCC(O)(c4ccc(Cl)cn4)CC3)C=C21. The van der Waals surface area contributed by atoms with E-state index in [1.54, 1.807) is 25.6 Å². The van der Waals surface area contributed by atoms with E-state index in [0.717, 1.165) is 48.5 Å². The number of halogens is 1. The van der Waals surface area contributed by atoms with Crippen molar-refractivity contribution < 1.29 is 14.6 Å². The Morgan fingerprint density at radius 2 is 2.12 bits per heavy atom. The van der Waals surface area contributed by atoms with Crippen molar-refractivity contribution in [2.45, 2.75) is 31.0 Å². The minimum atomic E-state index is -0.889. The molecule has 2 aromatic rings. The molecular formula is C27H28ClN3O3. The third-order valence-electron chi connectivity index (χ3n) is 6.68. The molecule has 4 heterocycles. The van der Waals surface area contributed by atoms with Crippen LogP contribution in [0.5, 0.6) is 5.88 Å². The minimum Gasteiger partial charge on any atom is -0.438 e. The third kappa shape index (κ3) is 4.72. The maximum Gasteiger partial charge on any atom is 0.227 e. The molecule has 2 aliphatic heterocycles. The first kappa shape index (κ1) is 23.0. The van der Waals surface area contributed by atoms with E-state index in [2.05, 4.69) is 27.0 Å². The zero-order valence-electron chi connectivity index (χ0n) is 19.2. The van der Waals surface area contributed by atoms with Gasteiger partial charge in [0.15, 0.2) is 0 Å². The number of likely N-dealkylation sites (tertiary alicyclic amines) is 1. The van der Waals surface area contributed by atoms with Crippen LogP contribution in [0.4, 0.5) is 0 Å². The van der Waals surface area contributed by atoms with Gasteiger partial charge in [0.1, 0.15) is 17.5 Å². The molecule has 3 aliphatic rings. The van der Waals surface area contributed by atoms with Gasteiger partial charge in [0, 0.05) is 50.3 Å². The molecule has 5 rings (SSSR count). The molecule has 0 spiro atoms. The van der Waals surface area contributed by atoms with Gasteiger partial charge in [0.25, 0.3) is 0 Å². The van der Waals surface area contributed by atoms with Crippen LogP contribution in [0.2, 0.25) is 5.02 Å². The molecule has 34 heavy (non-hydrogen) atoms. The zero-order chi connectivity index (χ0) is 23.5. The highest BCUT2D eigenvalue weighted by atomic mass is 35.5. The van der Waals surface area contributed by atoms with Gasteiger partial charge < -0.3 is 19.5 Å². The summed E-state index contributed by atoms with van der Waals surface area (Å²) in [5.41, 5.74) is 2.86. The van der Waals surface area contributed by atoms with Gasteiger partial charge in [-0.3, -0.25) is 4.98 Å². The van der Waals surface area contributed by atoms with Crippen molar-refractivity contribution in [3.63, 3.8) is 0 Å². The van der Waals surface area contributed by atoms with E-state index in [1.165, 1.54) is 0 Å². The van der Waals surface area contributed by atoms with Crippen LogP contribution in [-0.2, 0) is 10.3 Å². The number of nitrogens with zero attached hydrogens (tertiary/aromatic N) is 3. The number of hydrogen-bond donors (Lipinski definition) is 1. The topological polar surface area (TPSA) is 67.7 Å². The average molecular weight is 478 g/mol. The Bertz CT molecular complexity index is 1160. The van der Waals surface area contributed by atoms with Crippen molar-refractivity contribution in [2.24, 2.45) is 0 Å². The molecule has 0 aromatic carbocycles. The van der Waals surface area contributed by atoms with E-state index < -0.39 is 5.60 Å². The van der Waals surface area contributed by atoms with Gasteiger partial charge >= 0.3 is 0 Å². The lowest BCUT2D eigenvalue weighted by molar-refractivity contribution is -0.0288. The van der Waals surface area contributed by atoms with Gasteiger partial charge in [-0.15, -0.1) is 0 Å². The van der Waals surface area contributed by atoms with Gasteiger partial charge in [-0.05, 0) is 61.3 Å². The minimum absolute atomic E-state index is 0.154. The zero-order valence-corrected chi connectivity index (χ0v) is 19.9. The third-order valence-corrected chi connectivity index (χ3v) is 6.90. The van der Waals surface area contributed by atoms with Crippen molar-refractivity contribution in [3.8, 4) is 5.88 Å². The summed E-state index contributed by atoms with van der Waals surface area (Å²) in [5, 5.41) is 11.7. The van der Waals surface area contributed by atoms with Crippen LogP contribution < -0.4 is 4.74 Å². The summed E-state index contributed by atoms with van der Waals surface area (Å²) < 4.78 is 11.8. The monoisotopic (exact) mass is 477 g/mol. The molecule has 7 heteroatoms. The lowest BCUT2D eigenvalue weighted by Crippen LogP contribution is -2.43. The van der Waals surface area contributed by atoms with Crippen LogP contribution >= 0.6 is 11.6 Å². The fraction of sp³-hybridized carbons (Fsp3) is 0.333. The standard InChI is InChI=1S/C27H28ClN3O3/c1-33-23-7-2-8-24-22(23)17-19(21-6-3-13-29-26(21)34-24)5-4-14-31-15-11-27(32,12-16-31)25-10-9-20(28)18-30-25/h2-3,5-10,13,17-18,23,32H,4,11-12,14-16H2,1H3. The Hall–Kier alpha value is -2.77. The van der Waals surface area contributed by atoms with Crippen LogP contribution in [-0.4, -0.2) is 52.8 Å². The molecule has 6 nitrogen and oxygen atoms in total. The summed E-state index contributed by atoms with van der Waals surface area (Å²) >= 11 is 5.95. The number of aliphatic hydroxyl groups is 1. The molecule has 0 bridgehead atoms. The Morgan fingerprint density at radius 1 is 1.26 bits per heavy atom. The first-order valence-electron chi connectivity index (χ1n) is 11.6. The van der Waals surface area contributed by atoms with E-state index in [-0.39, 0.29) is 6.10 Å². The van der Waals surface area contributed by atoms with Gasteiger partial charge in [-0.1, -0.05) is 29.8 Å². The summed E-state index contributed by atoms with van der Waals surface area (Å²) in [4.78, 5) is 11.2. The number of pyridine rings is 2. The molecule has 2 aromatic heterocycles. The van der Waals surface area contributed by atoms with Crippen LogP contribution in [0.15, 0.2) is 78.4 Å². The predicted molar refractivity (Wildman–Crippen MR) is 132 cm³/mol. The fourth-order valence-corrected chi connectivity index (χ4v) is 4.81. The summed E-state index contributed by atoms with van der Waals surface area (Å²) in [7, 11) is 1.70. The first-order valence-corrected chi connectivity index (χ1v) is 12.0. The smallest absolute Gasteiger partial charge is 0.227 e. The van der Waals surface area contributed by atoms with E-state index in [1.807, 2.05) is 36.4 Å². The normalized spacial score (nSPS) is 22.8. The molecule has 1 N–H and O–H groups in total. The summed E-state index contributed by atoms with van der Waals surface area (Å²) in [6.07, 6.45) is 15.7. The van der Waals surface area contributed by atoms with Crippen molar-refractivity contribution in [1.29, 1.82) is 0 Å². The van der Waals surface area contributed by atoms with Crippen molar-refractivity contribution >= 4 is 17.2 Å². The van der Waals surface area contributed by atoms with Gasteiger partial charge in [-0.2, -0.15) is 0 Å². The second-order valence-electron chi connectivity index (χ2n) is 8.81. The number of hydrogen-bond acceptors (Lipinski definition) is 6. The average Bonchev–Trinajstić information content (AvgIpc) is 3.02. The maximum absolute atomic E-state index is 11.1. The number of fused-ring (bicyclic) bond motifs is 2. The van der Waals surface area contributed by atoms with Gasteiger partial charge in [0.05, 0.1) is 10.7 Å². The Labute approximate surface area is 204 Å². The highest BCUT2D eigenvalue weighted by Gasteiger charge is 2.35. The van der Waals surface area contributed by atoms with Crippen LogP contribution in [0.3, 0.4) is 0 Å². The summed E-state index contributed by atoms with van der Waals surface area (Å²) in [5.74, 6) is 1.37. The molecule has 176 valence electrons. The molecule has 1 aliphatic carbocycles. The van der Waals surface area contributed by atoms with Gasteiger partial charge in [0.2, 0.25) is 5.88 Å². The highest BCUT2D eigenvalue weighted by molar-refractivity contribution is 6.30. The number of aromatic nitrogens is 2. The van der Waals surface area contributed by atoms with E-state index in [0.29, 0.717) is 29.4 Å². The van der Waals surface area contributed by atoms with Gasteiger partial charge in [-0.25, -0.2) is 4.98 Å². The van der Waals surface area contributed by atoms with Crippen molar-refractivity contribution in [1.82, 2.24) is 14.9 Å². The summed E-state index contributed by atoms with van der Waals surface area (Å²) in [6.45, 7) is 2.54. The fourth-order valence-electron chi connectivity index (χ4n) is 4.70. The quantitative estimate of drug-likeness (QED) is 0.674. The predicted octanol–water partition coefficient (Wildman–Crippen LogP) is 4.67. The highest BCUT2D eigenvalue weighted by Crippen LogP contribution is 2.37.